The zero-order valence-corrected chi connectivity index (χ0v) is 10.4. The van der Waals surface area contributed by atoms with E-state index in [-0.39, 0.29) is 4.83 Å². The molecule has 1 rings (SSSR count). The fourth-order valence-electron chi connectivity index (χ4n) is 1.02. The highest BCUT2D eigenvalue weighted by molar-refractivity contribution is 9.11. The van der Waals surface area contributed by atoms with Crippen molar-refractivity contribution in [3.8, 4) is 0 Å². The van der Waals surface area contributed by atoms with Gasteiger partial charge in [0, 0.05) is 9.30 Å². The largest absolute Gasteiger partial charge is 0.416 e. The first kappa shape index (κ1) is 12.0. The number of rotatable bonds is 1. The van der Waals surface area contributed by atoms with Crippen LogP contribution in [0.15, 0.2) is 22.7 Å². The van der Waals surface area contributed by atoms with Crippen LogP contribution in [-0.2, 0) is 6.18 Å². The fourth-order valence-corrected chi connectivity index (χ4v) is 2.30. The molecule has 0 aliphatic rings. The maximum atomic E-state index is 12.3. The van der Waals surface area contributed by atoms with Crippen LogP contribution in [0.25, 0.3) is 0 Å². The summed E-state index contributed by atoms with van der Waals surface area (Å²) in [4.78, 5) is -0.112. The van der Waals surface area contributed by atoms with Crippen LogP contribution in [0.3, 0.4) is 0 Å². The fraction of sp³-hybridized carbons (Fsp3) is 0.333. The lowest BCUT2D eigenvalue weighted by Gasteiger charge is -2.11. The Hall–Kier alpha value is -0.0300. The minimum atomic E-state index is -4.28. The first-order valence-electron chi connectivity index (χ1n) is 3.83. The summed E-state index contributed by atoms with van der Waals surface area (Å²) in [5.41, 5.74) is -0.0261. The molecule has 78 valence electrons. The molecule has 0 spiro atoms. The van der Waals surface area contributed by atoms with Crippen LogP contribution in [-0.4, -0.2) is 0 Å². The molecule has 0 aliphatic heterocycles. The van der Waals surface area contributed by atoms with Gasteiger partial charge in [0.15, 0.2) is 0 Å². The topological polar surface area (TPSA) is 0 Å². The van der Waals surface area contributed by atoms with Gasteiger partial charge in [0.1, 0.15) is 0 Å². The maximum absolute atomic E-state index is 12.3. The summed E-state index contributed by atoms with van der Waals surface area (Å²) < 4.78 is 37.7. The number of benzene rings is 1. The van der Waals surface area contributed by atoms with E-state index < -0.39 is 11.7 Å². The Morgan fingerprint density at radius 3 is 2.29 bits per heavy atom. The molecule has 0 N–H and O–H groups in total. The van der Waals surface area contributed by atoms with Gasteiger partial charge in [-0.3, -0.25) is 0 Å². The number of hydrogen-bond donors (Lipinski definition) is 0. The molecular formula is C9H7Br2F3. The van der Waals surface area contributed by atoms with Crippen molar-refractivity contribution in [2.75, 3.05) is 0 Å². The van der Waals surface area contributed by atoms with Crippen LogP contribution < -0.4 is 0 Å². The SMILES string of the molecule is CC(Br)c1cc(C(F)(F)F)ccc1Br. The predicted octanol–water partition coefficient (Wildman–Crippen LogP) is 4.92. The monoisotopic (exact) mass is 330 g/mol. The first-order chi connectivity index (χ1) is 6.32. The van der Waals surface area contributed by atoms with Crippen molar-refractivity contribution in [3.05, 3.63) is 33.8 Å². The summed E-state index contributed by atoms with van der Waals surface area (Å²) >= 11 is 6.44. The second-order valence-electron chi connectivity index (χ2n) is 2.85. The van der Waals surface area contributed by atoms with Gasteiger partial charge in [-0.2, -0.15) is 13.2 Å². The van der Waals surface area contributed by atoms with Crippen molar-refractivity contribution in [1.29, 1.82) is 0 Å². The second kappa shape index (κ2) is 4.23. The van der Waals surface area contributed by atoms with Crippen LogP contribution in [0.5, 0.6) is 0 Å². The molecule has 5 heteroatoms. The van der Waals surface area contributed by atoms with Crippen LogP contribution in [0.1, 0.15) is 22.9 Å². The normalized spacial score (nSPS) is 14.1. The summed E-state index contributed by atoms with van der Waals surface area (Å²) in [7, 11) is 0. The van der Waals surface area contributed by atoms with Gasteiger partial charge in [-0.05, 0) is 30.7 Å². The molecule has 0 amide bonds. The molecule has 1 unspecified atom stereocenters. The van der Waals surface area contributed by atoms with E-state index in [0.29, 0.717) is 10.0 Å². The third-order valence-electron chi connectivity index (χ3n) is 1.75. The summed E-state index contributed by atoms with van der Waals surface area (Å²) in [6.07, 6.45) is -4.28. The van der Waals surface area contributed by atoms with E-state index in [2.05, 4.69) is 31.9 Å². The van der Waals surface area contributed by atoms with E-state index in [4.69, 9.17) is 0 Å². The van der Waals surface area contributed by atoms with E-state index in [0.717, 1.165) is 12.1 Å². The van der Waals surface area contributed by atoms with Crippen LogP contribution in [0.4, 0.5) is 13.2 Å². The van der Waals surface area contributed by atoms with Crippen LogP contribution in [0, 0.1) is 0 Å². The van der Waals surface area contributed by atoms with Gasteiger partial charge in [-0.1, -0.05) is 31.9 Å². The smallest absolute Gasteiger partial charge is 0.166 e. The molecule has 0 fully saturated rings. The Morgan fingerprint density at radius 2 is 1.86 bits per heavy atom. The summed E-state index contributed by atoms with van der Waals surface area (Å²) in [6.45, 7) is 1.78. The van der Waals surface area contributed by atoms with E-state index in [1.807, 2.05) is 0 Å². The van der Waals surface area contributed by atoms with Gasteiger partial charge in [0.25, 0.3) is 0 Å². The highest BCUT2D eigenvalue weighted by atomic mass is 79.9. The van der Waals surface area contributed by atoms with E-state index >= 15 is 0 Å². The Morgan fingerprint density at radius 1 is 1.29 bits per heavy atom. The van der Waals surface area contributed by atoms with Crippen molar-refractivity contribution in [2.45, 2.75) is 17.9 Å². The quantitative estimate of drug-likeness (QED) is 0.640. The lowest BCUT2D eigenvalue weighted by Crippen LogP contribution is -2.05. The molecule has 0 saturated heterocycles. The van der Waals surface area contributed by atoms with Crippen molar-refractivity contribution < 1.29 is 13.2 Å². The molecule has 1 aromatic rings. The Bertz CT molecular complexity index is 331. The van der Waals surface area contributed by atoms with Crippen molar-refractivity contribution in [1.82, 2.24) is 0 Å². The average molecular weight is 332 g/mol. The van der Waals surface area contributed by atoms with E-state index in [1.165, 1.54) is 6.07 Å². The molecule has 1 aromatic carbocycles. The average Bonchev–Trinajstić information content (AvgIpc) is 2.02. The number of hydrogen-bond acceptors (Lipinski definition) is 0. The summed E-state index contributed by atoms with van der Waals surface area (Å²) in [6, 6.07) is 3.61. The zero-order chi connectivity index (χ0) is 10.9. The minimum absolute atomic E-state index is 0.112. The van der Waals surface area contributed by atoms with Crippen LogP contribution >= 0.6 is 31.9 Å². The van der Waals surface area contributed by atoms with E-state index in [1.54, 1.807) is 6.92 Å². The van der Waals surface area contributed by atoms with Crippen molar-refractivity contribution in [3.63, 3.8) is 0 Å². The first-order valence-corrected chi connectivity index (χ1v) is 5.54. The molecule has 0 nitrogen and oxygen atoms in total. The molecular weight excluding hydrogens is 325 g/mol. The predicted molar refractivity (Wildman–Crippen MR) is 56.5 cm³/mol. The van der Waals surface area contributed by atoms with E-state index in [9.17, 15) is 13.2 Å². The number of alkyl halides is 4. The molecule has 0 aromatic heterocycles. The molecule has 0 aliphatic carbocycles. The van der Waals surface area contributed by atoms with Gasteiger partial charge in [0.05, 0.1) is 5.56 Å². The Kier molecular flexibility index (Phi) is 3.63. The third kappa shape index (κ3) is 2.73. The van der Waals surface area contributed by atoms with Gasteiger partial charge in [0.2, 0.25) is 0 Å². The van der Waals surface area contributed by atoms with Gasteiger partial charge < -0.3 is 0 Å². The Labute approximate surface area is 96.8 Å². The van der Waals surface area contributed by atoms with Gasteiger partial charge >= 0.3 is 6.18 Å². The minimum Gasteiger partial charge on any atom is -0.166 e. The van der Waals surface area contributed by atoms with Gasteiger partial charge in [-0.25, -0.2) is 0 Å². The summed E-state index contributed by atoms with van der Waals surface area (Å²) in [5, 5.41) is 0. The molecule has 0 bridgehead atoms. The molecule has 14 heavy (non-hydrogen) atoms. The zero-order valence-electron chi connectivity index (χ0n) is 7.20. The lowest BCUT2D eigenvalue weighted by molar-refractivity contribution is -0.137. The highest BCUT2D eigenvalue weighted by Crippen LogP contribution is 2.35. The molecule has 0 saturated carbocycles. The third-order valence-corrected chi connectivity index (χ3v) is 2.97. The van der Waals surface area contributed by atoms with Gasteiger partial charge in [-0.15, -0.1) is 0 Å². The molecule has 0 radical (unpaired) electrons. The lowest BCUT2D eigenvalue weighted by atomic mass is 10.1. The molecule has 1 atom stereocenters. The Balaban J connectivity index is 3.20. The highest BCUT2D eigenvalue weighted by Gasteiger charge is 2.31. The second-order valence-corrected chi connectivity index (χ2v) is 5.08. The van der Waals surface area contributed by atoms with Crippen molar-refractivity contribution in [2.24, 2.45) is 0 Å². The standard InChI is InChI=1S/C9H7Br2F3/c1-5(10)7-4-6(9(12,13)14)2-3-8(7)11/h2-5H,1H3. The molecule has 0 heterocycles. The van der Waals surface area contributed by atoms with Crippen LogP contribution in [0.2, 0.25) is 0 Å². The summed E-state index contributed by atoms with van der Waals surface area (Å²) in [5.74, 6) is 0. The maximum Gasteiger partial charge on any atom is 0.416 e. The van der Waals surface area contributed by atoms with Crippen molar-refractivity contribution >= 4 is 31.9 Å². The number of halogens is 5.